The van der Waals surface area contributed by atoms with Gasteiger partial charge in [-0.05, 0) is 50.5 Å². The van der Waals surface area contributed by atoms with Crippen LogP contribution in [0.15, 0.2) is 35.9 Å². The Bertz CT molecular complexity index is 568. The van der Waals surface area contributed by atoms with E-state index in [1.165, 1.54) is 17.6 Å². The molecule has 3 rings (SSSR count). The van der Waals surface area contributed by atoms with E-state index in [-0.39, 0.29) is 18.4 Å². The number of hydrogen-bond donors (Lipinski definition) is 3. The first kappa shape index (κ1) is 18.8. The van der Waals surface area contributed by atoms with Crippen molar-refractivity contribution in [2.75, 3.05) is 0 Å². The molecule has 0 bridgehead atoms. The molecule has 0 aliphatic heterocycles. The Morgan fingerprint density at radius 2 is 1.75 bits per heavy atom. The van der Waals surface area contributed by atoms with E-state index in [1.807, 2.05) is 6.07 Å². The van der Waals surface area contributed by atoms with E-state index in [2.05, 4.69) is 47.9 Å². The Morgan fingerprint density at radius 1 is 1.12 bits per heavy atom. The third-order valence-corrected chi connectivity index (χ3v) is 5.07. The molecule has 0 heterocycles. The summed E-state index contributed by atoms with van der Waals surface area (Å²) in [7, 11) is 0. The molecule has 3 N–H and O–H groups in total. The molecule has 2 saturated carbocycles. The molecule has 24 heavy (non-hydrogen) atoms. The first-order chi connectivity index (χ1) is 11.1. The van der Waals surface area contributed by atoms with Crippen molar-refractivity contribution in [2.24, 2.45) is 5.92 Å². The Labute approximate surface area is 150 Å². The van der Waals surface area contributed by atoms with E-state index >= 15 is 0 Å². The van der Waals surface area contributed by atoms with Gasteiger partial charge in [0.25, 0.3) is 0 Å². The highest BCUT2D eigenvalue weighted by molar-refractivity contribution is 5.85. The molecule has 5 heteroatoms. The van der Waals surface area contributed by atoms with Gasteiger partial charge in [-0.2, -0.15) is 0 Å². The van der Waals surface area contributed by atoms with Crippen molar-refractivity contribution in [1.29, 1.82) is 0 Å². The minimum absolute atomic E-state index is 0. The Morgan fingerprint density at radius 3 is 2.38 bits per heavy atom. The zero-order chi connectivity index (χ0) is 16.2. The zero-order valence-corrected chi connectivity index (χ0v) is 14.9. The van der Waals surface area contributed by atoms with Gasteiger partial charge >= 0.3 is 6.09 Å². The van der Waals surface area contributed by atoms with Crippen LogP contribution >= 0.6 is 12.4 Å². The first-order valence-electron chi connectivity index (χ1n) is 8.60. The molecule has 132 valence electrons. The number of carbonyl (C=O) groups is 1. The van der Waals surface area contributed by atoms with Crippen LogP contribution in [-0.4, -0.2) is 29.3 Å². The molecule has 0 spiro atoms. The quantitative estimate of drug-likeness (QED) is 0.750. The third kappa shape index (κ3) is 5.25. The Kier molecular flexibility index (Phi) is 6.69. The molecule has 2 aliphatic rings. The van der Waals surface area contributed by atoms with Crippen molar-refractivity contribution in [3.8, 4) is 0 Å². The molecular weight excluding hydrogens is 324 g/mol. The van der Waals surface area contributed by atoms with Gasteiger partial charge < -0.3 is 15.7 Å². The normalized spacial score (nSPS) is 29.5. The van der Waals surface area contributed by atoms with Crippen LogP contribution in [0.5, 0.6) is 0 Å². The lowest BCUT2D eigenvalue weighted by Crippen LogP contribution is -2.42. The van der Waals surface area contributed by atoms with Crippen LogP contribution < -0.4 is 10.6 Å². The monoisotopic (exact) mass is 350 g/mol. The SMILES string of the molecule is CC(=Cc1ccccc1)[C@H]1C[C@@H]1NC1CCC(NC(=O)O)CC1.Cl. The Balaban J connectivity index is 0.00000208. The van der Waals surface area contributed by atoms with E-state index in [0.717, 1.165) is 25.7 Å². The average Bonchev–Trinajstić information content (AvgIpc) is 3.29. The van der Waals surface area contributed by atoms with Gasteiger partial charge in [-0.1, -0.05) is 42.0 Å². The van der Waals surface area contributed by atoms with Crippen molar-refractivity contribution in [3.05, 3.63) is 41.5 Å². The predicted molar refractivity (Wildman–Crippen MR) is 99.6 cm³/mol. The van der Waals surface area contributed by atoms with Crippen molar-refractivity contribution >= 4 is 24.6 Å². The summed E-state index contributed by atoms with van der Waals surface area (Å²) in [5, 5.41) is 15.1. The second-order valence-electron chi connectivity index (χ2n) is 6.91. The number of carboxylic acid groups (broad SMARTS) is 1. The summed E-state index contributed by atoms with van der Waals surface area (Å²) in [6, 6.07) is 11.8. The van der Waals surface area contributed by atoms with E-state index < -0.39 is 6.09 Å². The summed E-state index contributed by atoms with van der Waals surface area (Å²) in [5.74, 6) is 0.657. The average molecular weight is 351 g/mol. The molecule has 4 nitrogen and oxygen atoms in total. The van der Waals surface area contributed by atoms with E-state index in [0.29, 0.717) is 18.0 Å². The number of hydrogen-bond acceptors (Lipinski definition) is 2. The number of nitrogens with one attached hydrogen (secondary N) is 2. The fraction of sp³-hybridized carbons (Fsp3) is 0.526. The third-order valence-electron chi connectivity index (χ3n) is 5.07. The number of halogens is 1. The fourth-order valence-corrected chi connectivity index (χ4v) is 3.68. The summed E-state index contributed by atoms with van der Waals surface area (Å²) < 4.78 is 0. The maximum Gasteiger partial charge on any atom is 0.404 e. The Hall–Kier alpha value is -1.52. The second-order valence-corrected chi connectivity index (χ2v) is 6.91. The molecule has 1 aromatic rings. The number of amides is 1. The smallest absolute Gasteiger partial charge is 0.404 e. The van der Waals surface area contributed by atoms with E-state index in [1.54, 1.807) is 0 Å². The minimum atomic E-state index is -0.898. The minimum Gasteiger partial charge on any atom is -0.465 e. The van der Waals surface area contributed by atoms with Crippen molar-refractivity contribution in [3.63, 3.8) is 0 Å². The molecule has 0 aromatic heterocycles. The lowest BCUT2D eigenvalue weighted by Gasteiger charge is -2.29. The molecule has 2 fully saturated rings. The lowest BCUT2D eigenvalue weighted by molar-refractivity contribution is 0.183. The van der Waals surface area contributed by atoms with Gasteiger partial charge in [-0.25, -0.2) is 4.79 Å². The molecule has 2 atom stereocenters. The maximum absolute atomic E-state index is 10.7. The van der Waals surface area contributed by atoms with Gasteiger partial charge in [0.1, 0.15) is 0 Å². The summed E-state index contributed by atoms with van der Waals surface area (Å²) in [4.78, 5) is 10.7. The zero-order valence-electron chi connectivity index (χ0n) is 14.1. The lowest BCUT2D eigenvalue weighted by atomic mass is 9.91. The summed E-state index contributed by atoms with van der Waals surface area (Å²) in [5.41, 5.74) is 2.73. The van der Waals surface area contributed by atoms with E-state index in [9.17, 15) is 4.79 Å². The number of rotatable bonds is 5. The largest absolute Gasteiger partial charge is 0.465 e. The van der Waals surface area contributed by atoms with Crippen LogP contribution in [0.25, 0.3) is 6.08 Å². The first-order valence-corrected chi connectivity index (χ1v) is 8.60. The van der Waals surface area contributed by atoms with Crippen LogP contribution in [-0.2, 0) is 0 Å². The summed E-state index contributed by atoms with van der Waals surface area (Å²) in [6.45, 7) is 2.23. The van der Waals surface area contributed by atoms with Crippen molar-refractivity contribution in [2.45, 2.75) is 57.2 Å². The van der Waals surface area contributed by atoms with Gasteiger partial charge in [-0.15, -0.1) is 12.4 Å². The second kappa shape index (κ2) is 8.54. The predicted octanol–water partition coefficient (Wildman–Crippen LogP) is 4.07. The summed E-state index contributed by atoms with van der Waals surface area (Å²) in [6.07, 6.45) is 6.64. The van der Waals surface area contributed by atoms with E-state index in [4.69, 9.17) is 5.11 Å². The fourth-order valence-electron chi connectivity index (χ4n) is 3.68. The highest BCUT2D eigenvalue weighted by atomic mass is 35.5. The van der Waals surface area contributed by atoms with Crippen LogP contribution in [0.2, 0.25) is 0 Å². The molecule has 0 radical (unpaired) electrons. The van der Waals surface area contributed by atoms with Gasteiger partial charge in [0.15, 0.2) is 0 Å². The van der Waals surface area contributed by atoms with Crippen molar-refractivity contribution in [1.82, 2.24) is 10.6 Å². The highest BCUT2D eigenvalue weighted by Crippen LogP contribution is 2.39. The standard InChI is InChI=1S/C19H26N2O2.ClH/c1-13(11-14-5-3-2-4-6-14)17-12-18(17)20-15-7-9-16(10-8-15)21-19(22)23;/h2-6,11,15-18,20-21H,7-10,12H2,1H3,(H,22,23);1H/t15?,16?,17-,18+;/m1./s1. The summed E-state index contributed by atoms with van der Waals surface area (Å²) >= 11 is 0. The van der Waals surface area contributed by atoms with Crippen molar-refractivity contribution < 1.29 is 9.90 Å². The highest BCUT2D eigenvalue weighted by Gasteiger charge is 2.39. The van der Waals surface area contributed by atoms with Crippen LogP contribution in [0.3, 0.4) is 0 Å². The molecule has 0 saturated heterocycles. The molecule has 1 amide bonds. The van der Waals surface area contributed by atoms with Crippen LogP contribution in [0, 0.1) is 5.92 Å². The topological polar surface area (TPSA) is 61.4 Å². The van der Waals surface area contributed by atoms with Gasteiger partial charge in [-0.3, -0.25) is 0 Å². The molecule has 1 aromatic carbocycles. The van der Waals surface area contributed by atoms with Gasteiger partial charge in [0.05, 0.1) is 0 Å². The molecule has 0 unspecified atom stereocenters. The number of benzene rings is 1. The maximum atomic E-state index is 10.7. The molecular formula is C19H27ClN2O2. The van der Waals surface area contributed by atoms with Crippen LogP contribution in [0.4, 0.5) is 4.79 Å². The van der Waals surface area contributed by atoms with Crippen LogP contribution in [0.1, 0.15) is 44.6 Å². The molecule has 2 aliphatic carbocycles. The van der Waals surface area contributed by atoms with Gasteiger partial charge in [0.2, 0.25) is 0 Å². The van der Waals surface area contributed by atoms with Gasteiger partial charge in [0, 0.05) is 18.1 Å².